The fraction of sp³-hybridized carbons (Fsp3) is 0.333. The lowest BCUT2D eigenvalue weighted by Crippen LogP contribution is -2.31. The number of anilines is 1. The number of halogens is 2. The molecule has 2 rings (SSSR count). The third kappa shape index (κ3) is 5.16. The maximum Gasteiger partial charge on any atom is 0.173 e. The number of thiocarbonyl (C=S) groups is 1. The largest absolute Gasteiger partial charge is 0.362 e. The zero-order valence-corrected chi connectivity index (χ0v) is 14.8. The van der Waals surface area contributed by atoms with Crippen molar-refractivity contribution in [2.75, 3.05) is 11.9 Å². The molecule has 1 aromatic heterocycles. The van der Waals surface area contributed by atoms with Crippen molar-refractivity contribution >= 4 is 46.4 Å². The van der Waals surface area contributed by atoms with Crippen molar-refractivity contribution in [3.63, 3.8) is 0 Å². The van der Waals surface area contributed by atoms with Crippen molar-refractivity contribution in [1.82, 2.24) is 15.1 Å². The Kier molecular flexibility index (Phi) is 6.06. The number of rotatable bonds is 5. The topological polar surface area (TPSA) is 41.9 Å². The van der Waals surface area contributed by atoms with Gasteiger partial charge in [0.1, 0.15) is 5.02 Å². The SMILES string of the molecule is CC(C)CNC(=S)Nc1nn(Cc2ccc(Cl)cc2)cc1Cl. The van der Waals surface area contributed by atoms with Crippen molar-refractivity contribution < 1.29 is 0 Å². The zero-order valence-electron chi connectivity index (χ0n) is 12.4. The van der Waals surface area contributed by atoms with Gasteiger partial charge < -0.3 is 10.6 Å². The van der Waals surface area contributed by atoms with Crippen LogP contribution < -0.4 is 10.6 Å². The highest BCUT2D eigenvalue weighted by atomic mass is 35.5. The molecule has 2 N–H and O–H groups in total. The zero-order chi connectivity index (χ0) is 16.1. The Balaban J connectivity index is 1.98. The van der Waals surface area contributed by atoms with Gasteiger partial charge in [0.25, 0.3) is 0 Å². The molecule has 0 saturated heterocycles. The molecule has 2 aromatic rings. The molecule has 1 heterocycles. The molecule has 1 aromatic carbocycles. The molecular formula is C15H18Cl2N4S. The van der Waals surface area contributed by atoms with Gasteiger partial charge in [-0.2, -0.15) is 5.10 Å². The fourth-order valence-corrected chi connectivity index (χ4v) is 2.29. The number of nitrogens with one attached hydrogen (secondary N) is 2. The Morgan fingerprint density at radius 3 is 2.59 bits per heavy atom. The number of aromatic nitrogens is 2. The average molecular weight is 357 g/mol. The lowest BCUT2D eigenvalue weighted by Gasteiger charge is -2.10. The molecule has 0 aliphatic carbocycles. The Morgan fingerprint density at radius 2 is 1.95 bits per heavy atom. The van der Waals surface area contributed by atoms with E-state index in [0.29, 0.717) is 33.4 Å². The van der Waals surface area contributed by atoms with E-state index in [4.69, 9.17) is 35.4 Å². The number of benzene rings is 1. The predicted octanol–water partition coefficient (Wildman–Crippen LogP) is 4.18. The fourth-order valence-electron chi connectivity index (χ4n) is 1.79. The third-order valence-electron chi connectivity index (χ3n) is 2.88. The smallest absolute Gasteiger partial charge is 0.173 e. The highest BCUT2D eigenvalue weighted by Crippen LogP contribution is 2.20. The Labute approximate surface area is 145 Å². The molecule has 22 heavy (non-hydrogen) atoms. The van der Waals surface area contributed by atoms with E-state index in [1.807, 2.05) is 24.3 Å². The Morgan fingerprint density at radius 1 is 1.27 bits per heavy atom. The van der Waals surface area contributed by atoms with Gasteiger partial charge in [0, 0.05) is 17.8 Å². The second-order valence-corrected chi connectivity index (χ2v) is 6.63. The van der Waals surface area contributed by atoms with Gasteiger partial charge in [0.2, 0.25) is 0 Å². The van der Waals surface area contributed by atoms with E-state index in [1.54, 1.807) is 10.9 Å². The van der Waals surface area contributed by atoms with Crippen LogP contribution in [0.3, 0.4) is 0 Å². The van der Waals surface area contributed by atoms with Crippen molar-refractivity contribution in [3.05, 3.63) is 46.1 Å². The van der Waals surface area contributed by atoms with Crippen LogP contribution in [0, 0.1) is 5.92 Å². The maximum atomic E-state index is 6.19. The molecule has 0 amide bonds. The van der Waals surface area contributed by atoms with Gasteiger partial charge in [-0.1, -0.05) is 49.2 Å². The standard InChI is InChI=1S/C15H18Cl2N4S/c1-10(2)7-18-15(22)19-14-13(17)9-21(20-14)8-11-3-5-12(16)6-4-11/h3-6,9-10H,7-8H2,1-2H3,(H2,18,19,20,22). The molecule has 4 nitrogen and oxygen atoms in total. The first-order valence-corrected chi connectivity index (χ1v) is 8.12. The first-order chi connectivity index (χ1) is 10.4. The number of hydrogen-bond donors (Lipinski definition) is 2. The van der Waals surface area contributed by atoms with Gasteiger partial charge in [0.15, 0.2) is 10.9 Å². The number of hydrogen-bond acceptors (Lipinski definition) is 2. The molecule has 0 bridgehead atoms. The monoisotopic (exact) mass is 356 g/mol. The minimum atomic E-state index is 0.512. The van der Waals surface area contributed by atoms with Crippen LogP contribution in [0.15, 0.2) is 30.5 Å². The van der Waals surface area contributed by atoms with Gasteiger partial charge in [0.05, 0.1) is 6.54 Å². The molecule has 118 valence electrons. The lowest BCUT2D eigenvalue weighted by molar-refractivity contribution is 0.627. The summed E-state index contributed by atoms with van der Waals surface area (Å²) < 4.78 is 1.76. The van der Waals surface area contributed by atoms with Gasteiger partial charge >= 0.3 is 0 Å². The minimum absolute atomic E-state index is 0.512. The van der Waals surface area contributed by atoms with E-state index in [9.17, 15) is 0 Å². The van der Waals surface area contributed by atoms with Crippen molar-refractivity contribution in [1.29, 1.82) is 0 Å². The summed E-state index contributed by atoms with van der Waals surface area (Å²) in [5, 5.41) is 12.3. The number of nitrogens with zero attached hydrogens (tertiary/aromatic N) is 2. The Hall–Kier alpha value is -1.30. The van der Waals surface area contributed by atoms with Gasteiger partial charge in [-0.25, -0.2) is 0 Å². The van der Waals surface area contributed by atoms with Crippen LogP contribution in [0.2, 0.25) is 10.0 Å². The summed E-state index contributed by atoms with van der Waals surface area (Å²) in [5.74, 6) is 1.06. The van der Waals surface area contributed by atoms with Crippen LogP contribution >= 0.6 is 35.4 Å². The van der Waals surface area contributed by atoms with Gasteiger partial charge in [-0.05, 0) is 35.8 Å². The van der Waals surface area contributed by atoms with E-state index in [-0.39, 0.29) is 0 Å². The summed E-state index contributed by atoms with van der Waals surface area (Å²) >= 11 is 17.3. The highest BCUT2D eigenvalue weighted by molar-refractivity contribution is 7.80. The predicted molar refractivity (Wildman–Crippen MR) is 96.9 cm³/mol. The maximum absolute atomic E-state index is 6.19. The van der Waals surface area contributed by atoms with Gasteiger partial charge in [-0.3, -0.25) is 4.68 Å². The normalized spacial score (nSPS) is 10.8. The van der Waals surface area contributed by atoms with E-state index in [0.717, 1.165) is 12.1 Å². The van der Waals surface area contributed by atoms with E-state index in [1.165, 1.54) is 0 Å². The summed E-state index contributed by atoms with van der Waals surface area (Å²) in [7, 11) is 0. The Bertz CT molecular complexity index is 637. The van der Waals surface area contributed by atoms with Crippen molar-refractivity contribution in [2.24, 2.45) is 5.92 Å². The van der Waals surface area contributed by atoms with Crippen molar-refractivity contribution in [3.8, 4) is 0 Å². The lowest BCUT2D eigenvalue weighted by atomic mass is 10.2. The molecule has 7 heteroatoms. The summed E-state index contributed by atoms with van der Waals surface area (Å²) in [6, 6.07) is 7.62. The summed E-state index contributed by atoms with van der Waals surface area (Å²) in [4.78, 5) is 0. The van der Waals surface area contributed by atoms with E-state index >= 15 is 0 Å². The second-order valence-electron chi connectivity index (χ2n) is 5.38. The quantitative estimate of drug-likeness (QED) is 0.788. The summed E-state index contributed by atoms with van der Waals surface area (Å²) in [6.45, 7) is 5.65. The van der Waals surface area contributed by atoms with Crippen LogP contribution in [0.5, 0.6) is 0 Å². The molecular weight excluding hydrogens is 339 g/mol. The molecule has 0 fully saturated rings. The van der Waals surface area contributed by atoms with Crippen LogP contribution in [0.25, 0.3) is 0 Å². The van der Waals surface area contributed by atoms with Crippen molar-refractivity contribution in [2.45, 2.75) is 20.4 Å². The molecule has 0 saturated carbocycles. The molecule has 0 unspecified atom stereocenters. The molecule has 0 spiro atoms. The summed E-state index contributed by atoms with van der Waals surface area (Å²) in [6.07, 6.45) is 1.77. The van der Waals surface area contributed by atoms with Crippen LogP contribution in [-0.4, -0.2) is 21.4 Å². The summed E-state index contributed by atoms with van der Waals surface area (Å²) in [5.41, 5.74) is 1.09. The van der Waals surface area contributed by atoms with E-state index < -0.39 is 0 Å². The van der Waals surface area contributed by atoms with Crippen LogP contribution in [0.4, 0.5) is 5.82 Å². The van der Waals surface area contributed by atoms with E-state index in [2.05, 4.69) is 29.6 Å². The van der Waals surface area contributed by atoms with Crippen LogP contribution in [-0.2, 0) is 6.54 Å². The first-order valence-electron chi connectivity index (χ1n) is 6.96. The minimum Gasteiger partial charge on any atom is -0.362 e. The highest BCUT2D eigenvalue weighted by Gasteiger charge is 2.09. The van der Waals surface area contributed by atoms with Crippen LogP contribution in [0.1, 0.15) is 19.4 Å². The third-order valence-corrected chi connectivity index (χ3v) is 3.65. The molecule has 0 aliphatic rings. The first kappa shape index (κ1) is 17.1. The average Bonchev–Trinajstić information content (AvgIpc) is 2.79. The molecule has 0 radical (unpaired) electrons. The molecule has 0 atom stereocenters. The van der Waals surface area contributed by atoms with Gasteiger partial charge in [-0.15, -0.1) is 0 Å². The second kappa shape index (κ2) is 7.81. The molecule has 0 aliphatic heterocycles.